The van der Waals surface area contributed by atoms with Crippen LogP contribution in [0.3, 0.4) is 0 Å². The average Bonchev–Trinajstić information content (AvgIpc) is 2.34. The van der Waals surface area contributed by atoms with E-state index >= 15 is 0 Å². The number of hydrogen-bond acceptors (Lipinski definition) is 4. The lowest BCUT2D eigenvalue weighted by Gasteiger charge is -2.13. The van der Waals surface area contributed by atoms with Crippen molar-refractivity contribution in [1.29, 1.82) is 5.26 Å². The molecule has 0 saturated carbocycles. The molecule has 0 spiro atoms. The summed E-state index contributed by atoms with van der Waals surface area (Å²) in [5, 5.41) is 8.65. The lowest BCUT2D eigenvalue weighted by Crippen LogP contribution is -2.18. The van der Waals surface area contributed by atoms with Crippen LogP contribution < -0.4 is 4.74 Å². The van der Waals surface area contributed by atoms with E-state index in [1.807, 2.05) is 0 Å². The quantitative estimate of drug-likeness (QED) is 0.791. The molecular weight excluding hydrogens is 263 g/mol. The highest BCUT2D eigenvalue weighted by Gasteiger charge is 2.32. The predicted octanol–water partition coefficient (Wildman–Crippen LogP) is 2.56. The van der Waals surface area contributed by atoms with E-state index in [1.165, 1.54) is 19.2 Å². The van der Waals surface area contributed by atoms with E-state index in [4.69, 9.17) is 5.26 Å². The van der Waals surface area contributed by atoms with Crippen molar-refractivity contribution in [2.24, 2.45) is 0 Å². The summed E-state index contributed by atoms with van der Waals surface area (Å²) in [7, 11) is 1.19. The van der Waals surface area contributed by atoms with Crippen LogP contribution in [-0.4, -0.2) is 19.4 Å². The van der Waals surface area contributed by atoms with E-state index in [0.29, 0.717) is 0 Å². The molecule has 0 aliphatic carbocycles. The predicted molar refractivity (Wildman–Crippen MR) is 58.2 cm³/mol. The molecule has 102 valence electrons. The zero-order chi connectivity index (χ0) is 14.5. The third-order valence-electron chi connectivity index (χ3n) is 2.25. The molecule has 0 amide bonds. The smallest absolute Gasteiger partial charge is 0.469 e. The molecule has 0 N–H and O–H groups in total. The van der Waals surface area contributed by atoms with Crippen LogP contribution in [0.1, 0.15) is 17.5 Å². The number of alkyl halides is 3. The van der Waals surface area contributed by atoms with Gasteiger partial charge in [0, 0.05) is 6.42 Å². The van der Waals surface area contributed by atoms with Gasteiger partial charge in [-0.15, -0.1) is 13.2 Å². The molecule has 0 unspecified atom stereocenters. The number of hydrogen-bond donors (Lipinski definition) is 0. The minimum Gasteiger partial charge on any atom is -0.469 e. The number of nitriles is 1. The van der Waals surface area contributed by atoms with Gasteiger partial charge in [0.15, 0.2) is 0 Å². The zero-order valence-electron chi connectivity index (χ0n) is 9.95. The topological polar surface area (TPSA) is 59.3 Å². The molecule has 1 rings (SSSR count). The van der Waals surface area contributed by atoms with Crippen LogP contribution in [0.5, 0.6) is 5.75 Å². The number of aryl methyl sites for hydroxylation is 1. The van der Waals surface area contributed by atoms with Gasteiger partial charge in [-0.1, -0.05) is 6.07 Å². The standard InChI is InChI=1S/C12H10F3NO3/c1-18-11(17)5-4-9-3-2-8(7-16)6-10(9)19-12(13,14)15/h2-3,6H,4-5H2,1H3. The molecule has 19 heavy (non-hydrogen) atoms. The Morgan fingerprint density at radius 3 is 2.63 bits per heavy atom. The van der Waals surface area contributed by atoms with Gasteiger partial charge in [0.25, 0.3) is 0 Å². The van der Waals surface area contributed by atoms with Crippen molar-refractivity contribution in [3.8, 4) is 11.8 Å². The molecule has 0 aliphatic heterocycles. The van der Waals surface area contributed by atoms with Gasteiger partial charge in [-0.3, -0.25) is 4.79 Å². The van der Waals surface area contributed by atoms with E-state index in [0.717, 1.165) is 6.07 Å². The highest BCUT2D eigenvalue weighted by Crippen LogP contribution is 2.28. The molecule has 0 aromatic heterocycles. The number of ether oxygens (including phenoxy) is 2. The first-order valence-corrected chi connectivity index (χ1v) is 5.21. The number of rotatable bonds is 4. The molecule has 0 heterocycles. The largest absolute Gasteiger partial charge is 0.573 e. The number of carbonyl (C=O) groups is 1. The molecule has 1 aromatic rings. The van der Waals surface area contributed by atoms with Crippen LogP contribution in [-0.2, 0) is 16.0 Å². The Labute approximate surface area is 107 Å². The molecule has 7 heteroatoms. The van der Waals surface area contributed by atoms with Gasteiger partial charge in [0.05, 0.1) is 18.7 Å². The summed E-state index contributed by atoms with van der Waals surface area (Å²) in [5.74, 6) is -1.02. The van der Waals surface area contributed by atoms with Crippen LogP contribution in [0, 0.1) is 11.3 Å². The van der Waals surface area contributed by atoms with E-state index in [2.05, 4.69) is 9.47 Å². The van der Waals surface area contributed by atoms with Crippen LogP contribution in [0.15, 0.2) is 18.2 Å². The highest BCUT2D eigenvalue weighted by molar-refractivity contribution is 5.69. The molecule has 0 fully saturated rings. The first-order chi connectivity index (χ1) is 8.85. The fourth-order valence-electron chi connectivity index (χ4n) is 1.39. The summed E-state index contributed by atoms with van der Waals surface area (Å²) in [4.78, 5) is 11.0. The van der Waals surface area contributed by atoms with Gasteiger partial charge in [0.2, 0.25) is 0 Å². The second-order valence-corrected chi connectivity index (χ2v) is 3.56. The van der Waals surface area contributed by atoms with Gasteiger partial charge < -0.3 is 9.47 Å². The van der Waals surface area contributed by atoms with Crippen molar-refractivity contribution in [2.45, 2.75) is 19.2 Å². The van der Waals surface area contributed by atoms with Crippen molar-refractivity contribution in [3.05, 3.63) is 29.3 Å². The van der Waals surface area contributed by atoms with Gasteiger partial charge in [-0.25, -0.2) is 0 Å². The Balaban J connectivity index is 2.96. The van der Waals surface area contributed by atoms with Crippen molar-refractivity contribution >= 4 is 5.97 Å². The van der Waals surface area contributed by atoms with Crippen LogP contribution in [0.4, 0.5) is 13.2 Å². The van der Waals surface area contributed by atoms with Crippen molar-refractivity contribution < 1.29 is 27.4 Å². The third-order valence-corrected chi connectivity index (χ3v) is 2.25. The molecule has 0 aliphatic rings. The number of esters is 1. The highest BCUT2D eigenvalue weighted by atomic mass is 19.4. The fraction of sp³-hybridized carbons (Fsp3) is 0.333. The SMILES string of the molecule is COC(=O)CCc1ccc(C#N)cc1OC(F)(F)F. The van der Waals surface area contributed by atoms with Crippen molar-refractivity contribution in [1.82, 2.24) is 0 Å². The maximum Gasteiger partial charge on any atom is 0.573 e. The van der Waals surface area contributed by atoms with Gasteiger partial charge in [0.1, 0.15) is 5.75 Å². The second-order valence-electron chi connectivity index (χ2n) is 3.56. The maximum atomic E-state index is 12.2. The minimum atomic E-state index is -4.85. The van der Waals surface area contributed by atoms with Crippen molar-refractivity contribution in [2.75, 3.05) is 7.11 Å². The maximum absolute atomic E-state index is 12.2. The summed E-state index contributed by atoms with van der Waals surface area (Å²) < 4.78 is 44.9. The molecule has 0 atom stereocenters. The molecule has 0 bridgehead atoms. The third kappa shape index (κ3) is 4.87. The normalized spacial score (nSPS) is 10.7. The minimum absolute atomic E-state index is 0.0315. The molecule has 0 radical (unpaired) electrons. The summed E-state index contributed by atoms with van der Waals surface area (Å²) in [6, 6.07) is 5.38. The lowest BCUT2D eigenvalue weighted by molar-refractivity contribution is -0.274. The first kappa shape index (κ1) is 14.8. The Hall–Kier alpha value is -2.23. The van der Waals surface area contributed by atoms with Crippen LogP contribution >= 0.6 is 0 Å². The van der Waals surface area contributed by atoms with Crippen molar-refractivity contribution in [3.63, 3.8) is 0 Å². The molecular formula is C12H10F3NO3. The monoisotopic (exact) mass is 273 g/mol. The Morgan fingerprint density at radius 2 is 2.11 bits per heavy atom. The Bertz CT molecular complexity index is 506. The zero-order valence-corrected chi connectivity index (χ0v) is 9.95. The summed E-state index contributed by atoms with van der Waals surface area (Å²) in [6.07, 6.45) is -4.89. The number of halogens is 3. The van der Waals surface area contributed by atoms with Crippen LogP contribution in [0.25, 0.3) is 0 Å². The van der Waals surface area contributed by atoms with Gasteiger partial charge in [-0.05, 0) is 24.1 Å². The first-order valence-electron chi connectivity index (χ1n) is 5.21. The number of nitrogens with zero attached hydrogens (tertiary/aromatic N) is 1. The van der Waals surface area contributed by atoms with Crippen LogP contribution in [0.2, 0.25) is 0 Å². The number of carbonyl (C=O) groups excluding carboxylic acids is 1. The summed E-state index contributed by atoms with van der Waals surface area (Å²) in [5.41, 5.74) is 0.225. The Morgan fingerprint density at radius 1 is 1.42 bits per heavy atom. The molecule has 1 aromatic carbocycles. The number of methoxy groups -OCH3 is 1. The van der Waals surface area contributed by atoms with E-state index in [-0.39, 0.29) is 24.0 Å². The average molecular weight is 273 g/mol. The van der Waals surface area contributed by atoms with E-state index < -0.39 is 18.1 Å². The van der Waals surface area contributed by atoms with E-state index in [9.17, 15) is 18.0 Å². The number of benzene rings is 1. The summed E-state index contributed by atoms with van der Waals surface area (Å²) in [6.45, 7) is 0. The summed E-state index contributed by atoms with van der Waals surface area (Å²) >= 11 is 0. The Kier molecular flexibility index (Phi) is 4.75. The second kappa shape index (κ2) is 6.09. The van der Waals surface area contributed by atoms with Gasteiger partial charge >= 0.3 is 12.3 Å². The van der Waals surface area contributed by atoms with E-state index in [1.54, 1.807) is 6.07 Å². The molecule has 4 nitrogen and oxygen atoms in total. The molecule has 0 saturated heterocycles. The lowest BCUT2D eigenvalue weighted by atomic mass is 10.1. The fourth-order valence-corrected chi connectivity index (χ4v) is 1.39. The van der Waals surface area contributed by atoms with Gasteiger partial charge in [-0.2, -0.15) is 5.26 Å².